The molecule has 4 aromatic rings. The van der Waals surface area contributed by atoms with Crippen molar-refractivity contribution in [1.82, 2.24) is 19.9 Å². The molecule has 118 valence electrons. The lowest BCUT2D eigenvalue weighted by Crippen LogP contribution is -1.94. The van der Waals surface area contributed by atoms with Crippen molar-refractivity contribution < 1.29 is 0 Å². The van der Waals surface area contributed by atoms with Crippen LogP contribution in [0.4, 0.5) is 0 Å². The van der Waals surface area contributed by atoms with Gasteiger partial charge >= 0.3 is 0 Å². The molecule has 0 aliphatic rings. The van der Waals surface area contributed by atoms with Crippen LogP contribution in [0.1, 0.15) is 22.8 Å². The Hall–Kier alpha value is -2.88. The normalized spacial score (nSPS) is 11.3. The lowest BCUT2D eigenvalue weighted by atomic mass is 10.0. The van der Waals surface area contributed by atoms with E-state index < -0.39 is 0 Å². The van der Waals surface area contributed by atoms with Gasteiger partial charge in [-0.25, -0.2) is 19.9 Å². The van der Waals surface area contributed by atoms with Gasteiger partial charge in [0.25, 0.3) is 0 Å². The zero-order valence-electron chi connectivity index (χ0n) is 14.3. The van der Waals surface area contributed by atoms with E-state index in [9.17, 15) is 0 Å². The van der Waals surface area contributed by atoms with Gasteiger partial charge in [-0.1, -0.05) is 12.1 Å². The fraction of sp³-hybridized carbons (Fsp3) is 0.200. The van der Waals surface area contributed by atoms with Crippen molar-refractivity contribution >= 4 is 22.1 Å². The molecule has 0 aliphatic heterocycles. The topological polar surface area (TPSA) is 51.6 Å². The highest BCUT2D eigenvalue weighted by Gasteiger charge is 2.07. The minimum atomic E-state index is 0.918. The average Bonchev–Trinajstić information content (AvgIpc) is 2.56. The molecule has 2 aromatic heterocycles. The van der Waals surface area contributed by atoms with Gasteiger partial charge in [-0.05, 0) is 63.1 Å². The van der Waals surface area contributed by atoms with Crippen molar-refractivity contribution in [2.45, 2.75) is 27.7 Å². The Morgan fingerprint density at radius 3 is 1.17 bits per heavy atom. The quantitative estimate of drug-likeness (QED) is 0.520. The van der Waals surface area contributed by atoms with Gasteiger partial charge in [-0.15, -0.1) is 0 Å². The number of benzene rings is 2. The van der Waals surface area contributed by atoms with E-state index >= 15 is 0 Å². The number of aryl methyl sites for hydroxylation is 4. The molecule has 0 saturated carbocycles. The SMILES string of the molecule is Cc1nc2ccc(-c3ccc4nc(C)c(C)nc4c3)cc2nc1C. The van der Waals surface area contributed by atoms with E-state index in [0.29, 0.717) is 0 Å². The van der Waals surface area contributed by atoms with E-state index in [-0.39, 0.29) is 0 Å². The summed E-state index contributed by atoms with van der Waals surface area (Å²) in [5.74, 6) is 0. The lowest BCUT2D eigenvalue weighted by Gasteiger charge is -2.08. The molecule has 4 heteroatoms. The number of nitrogens with zero attached hydrogens (tertiary/aromatic N) is 4. The molecule has 24 heavy (non-hydrogen) atoms. The van der Waals surface area contributed by atoms with Crippen LogP contribution in [0, 0.1) is 27.7 Å². The van der Waals surface area contributed by atoms with Crippen LogP contribution in [0.15, 0.2) is 36.4 Å². The molecule has 0 N–H and O–H groups in total. The summed E-state index contributed by atoms with van der Waals surface area (Å²) in [5.41, 5.74) is 9.80. The second-order valence-electron chi connectivity index (χ2n) is 6.20. The maximum Gasteiger partial charge on any atom is 0.0896 e. The molecular formula is C20H18N4. The van der Waals surface area contributed by atoms with Crippen LogP contribution in [0.5, 0.6) is 0 Å². The summed E-state index contributed by atoms with van der Waals surface area (Å²) in [4.78, 5) is 18.5. The van der Waals surface area contributed by atoms with Gasteiger partial charge < -0.3 is 0 Å². The predicted molar refractivity (Wildman–Crippen MR) is 97.0 cm³/mol. The molecule has 0 atom stereocenters. The Kier molecular flexibility index (Phi) is 3.27. The molecule has 0 saturated heterocycles. The molecule has 0 spiro atoms. The van der Waals surface area contributed by atoms with Gasteiger partial charge in [-0.3, -0.25) is 0 Å². The van der Waals surface area contributed by atoms with Crippen molar-refractivity contribution in [2.24, 2.45) is 0 Å². The number of aromatic nitrogens is 4. The van der Waals surface area contributed by atoms with Crippen LogP contribution in [-0.2, 0) is 0 Å². The molecule has 0 bridgehead atoms. The first-order valence-electron chi connectivity index (χ1n) is 8.01. The summed E-state index contributed by atoms with van der Waals surface area (Å²) in [6, 6.07) is 12.4. The first-order valence-corrected chi connectivity index (χ1v) is 8.01. The summed E-state index contributed by atoms with van der Waals surface area (Å²) < 4.78 is 0. The van der Waals surface area contributed by atoms with E-state index in [1.807, 2.05) is 39.8 Å². The maximum atomic E-state index is 4.66. The molecule has 4 nitrogen and oxygen atoms in total. The van der Waals surface area contributed by atoms with E-state index in [1.165, 1.54) is 0 Å². The van der Waals surface area contributed by atoms with Crippen molar-refractivity contribution in [1.29, 1.82) is 0 Å². The van der Waals surface area contributed by atoms with Gasteiger partial charge in [0.2, 0.25) is 0 Å². The zero-order valence-corrected chi connectivity index (χ0v) is 14.3. The van der Waals surface area contributed by atoms with Crippen LogP contribution in [0.3, 0.4) is 0 Å². The van der Waals surface area contributed by atoms with Crippen LogP contribution >= 0.6 is 0 Å². The van der Waals surface area contributed by atoms with Crippen molar-refractivity contribution in [2.75, 3.05) is 0 Å². The van der Waals surface area contributed by atoms with Gasteiger partial charge in [0.1, 0.15) is 0 Å². The van der Waals surface area contributed by atoms with Gasteiger partial charge in [0.05, 0.1) is 44.8 Å². The first-order chi connectivity index (χ1) is 11.5. The van der Waals surface area contributed by atoms with Crippen molar-refractivity contribution in [3.63, 3.8) is 0 Å². The van der Waals surface area contributed by atoms with Gasteiger partial charge in [-0.2, -0.15) is 0 Å². The predicted octanol–water partition coefficient (Wildman–Crippen LogP) is 4.47. The highest BCUT2D eigenvalue weighted by molar-refractivity contribution is 5.86. The highest BCUT2D eigenvalue weighted by atomic mass is 14.8. The third-order valence-electron chi connectivity index (χ3n) is 4.48. The van der Waals surface area contributed by atoms with Gasteiger partial charge in [0.15, 0.2) is 0 Å². The molecule has 2 heterocycles. The minimum absolute atomic E-state index is 0.918. The van der Waals surface area contributed by atoms with E-state index in [1.54, 1.807) is 0 Å². The Morgan fingerprint density at radius 1 is 0.458 bits per heavy atom. The second-order valence-corrected chi connectivity index (χ2v) is 6.20. The number of hydrogen-bond donors (Lipinski definition) is 0. The largest absolute Gasteiger partial charge is 0.250 e. The third-order valence-corrected chi connectivity index (χ3v) is 4.48. The molecule has 0 aliphatic carbocycles. The fourth-order valence-electron chi connectivity index (χ4n) is 2.82. The summed E-state index contributed by atoms with van der Waals surface area (Å²) in [5, 5.41) is 0. The fourth-order valence-corrected chi connectivity index (χ4v) is 2.82. The van der Waals surface area contributed by atoms with E-state index in [2.05, 4.69) is 44.2 Å². The number of rotatable bonds is 1. The van der Waals surface area contributed by atoms with Crippen LogP contribution in [0.2, 0.25) is 0 Å². The molecule has 0 amide bonds. The Bertz CT molecular complexity index is 1010. The number of hydrogen-bond acceptors (Lipinski definition) is 4. The van der Waals surface area contributed by atoms with Crippen LogP contribution in [0.25, 0.3) is 33.2 Å². The molecule has 0 fully saturated rings. The molecule has 2 aromatic carbocycles. The monoisotopic (exact) mass is 314 g/mol. The van der Waals surface area contributed by atoms with E-state index in [4.69, 9.17) is 0 Å². The zero-order chi connectivity index (χ0) is 16.8. The smallest absolute Gasteiger partial charge is 0.0896 e. The average molecular weight is 314 g/mol. The van der Waals surface area contributed by atoms with Crippen LogP contribution < -0.4 is 0 Å². The second kappa shape index (κ2) is 5.34. The lowest BCUT2D eigenvalue weighted by molar-refractivity contribution is 1.10. The third kappa shape index (κ3) is 2.40. The molecule has 0 unspecified atom stereocenters. The van der Waals surface area contributed by atoms with Gasteiger partial charge in [0, 0.05) is 0 Å². The molecule has 0 radical (unpaired) electrons. The Balaban J connectivity index is 1.88. The maximum absolute atomic E-state index is 4.66. The summed E-state index contributed by atoms with van der Waals surface area (Å²) in [6.45, 7) is 7.96. The summed E-state index contributed by atoms with van der Waals surface area (Å²) >= 11 is 0. The Morgan fingerprint density at radius 2 is 0.792 bits per heavy atom. The highest BCUT2D eigenvalue weighted by Crippen LogP contribution is 2.26. The number of fused-ring (bicyclic) bond motifs is 2. The first kappa shape index (κ1) is 14.7. The summed E-state index contributed by atoms with van der Waals surface area (Å²) in [7, 11) is 0. The molecule has 4 rings (SSSR count). The van der Waals surface area contributed by atoms with Crippen LogP contribution in [-0.4, -0.2) is 19.9 Å². The minimum Gasteiger partial charge on any atom is -0.250 e. The van der Waals surface area contributed by atoms with Crippen molar-refractivity contribution in [3.8, 4) is 11.1 Å². The van der Waals surface area contributed by atoms with Crippen molar-refractivity contribution in [3.05, 3.63) is 59.2 Å². The standard InChI is InChI=1S/C20H18N4/c1-11-13(3)23-19-9-15(5-7-17(19)21-11)16-6-8-18-20(10-16)24-14(4)12(2)22-18/h5-10H,1-4H3. The summed E-state index contributed by atoms with van der Waals surface area (Å²) in [6.07, 6.45) is 0. The van der Waals surface area contributed by atoms with E-state index in [0.717, 1.165) is 56.0 Å². The Labute approximate surface area is 140 Å². The molecular weight excluding hydrogens is 296 g/mol.